The Labute approximate surface area is 187 Å². The second kappa shape index (κ2) is 8.71. The van der Waals surface area contributed by atoms with Gasteiger partial charge in [0.2, 0.25) is 5.95 Å². The first-order valence-electron chi connectivity index (χ1n) is 10.8. The maximum absolute atomic E-state index is 13.7. The van der Waals surface area contributed by atoms with E-state index in [1.165, 1.54) is 6.33 Å². The van der Waals surface area contributed by atoms with Gasteiger partial charge >= 0.3 is 6.18 Å². The van der Waals surface area contributed by atoms with Gasteiger partial charge in [0.1, 0.15) is 12.9 Å². The van der Waals surface area contributed by atoms with Crippen molar-refractivity contribution < 1.29 is 17.9 Å². The standard InChI is InChI=1S/C20H24F3N9O/c1-13-10-31(3-2-26-13)19-27-15-17(30-4-6-33-7-5-30)28-16(14-8-24-12-25-9-14)29-18(15)32(19)11-20(21,22)23/h8-9,12-13,26H,2-7,10-11H2,1H3/t13-/m0/s1. The molecule has 1 N–H and O–H groups in total. The number of hydrogen-bond donors (Lipinski definition) is 1. The topological polar surface area (TPSA) is 97.1 Å². The fraction of sp³-hybridized carbons (Fsp3) is 0.550. The van der Waals surface area contributed by atoms with Gasteiger partial charge in [0.25, 0.3) is 0 Å². The van der Waals surface area contributed by atoms with Crippen LogP contribution in [-0.4, -0.2) is 87.6 Å². The molecule has 0 amide bonds. The van der Waals surface area contributed by atoms with Crippen LogP contribution in [-0.2, 0) is 11.3 Å². The lowest BCUT2D eigenvalue weighted by molar-refractivity contribution is -0.139. The van der Waals surface area contributed by atoms with Gasteiger partial charge in [-0.2, -0.15) is 13.2 Å². The predicted octanol–water partition coefficient (Wildman–Crippen LogP) is 1.48. The van der Waals surface area contributed by atoms with E-state index in [0.717, 1.165) is 4.57 Å². The summed E-state index contributed by atoms with van der Waals surface area (Å²) < 4.78 is 47.7. The van der Waals surface area contributed by atoms with E-state index in [2.05, 4.69) is 25.3 Å². The summed E-state index contributed by atoms with van der Waals surface area (Å²) in [4.78, 5) is 25.8. The molecule has 176 valence electrons. The summed E-state index contributed by atoms with van der Waals surface area (Å²) in [6, 6.07) is 0.125. The first kappa shape index (κ1) is 21.8. The molecule has 0 aromatic carbocycles. The Balaban J connectivity index is 1.72. The van der Waals surface area contributed by atoms with Crippen molar-refractivity contribution in [1.29, 1.82) is 0 Å². The number of fused-ring (bicyclic) bond motifs is 1. The third-order valence-corrected chi connectivity index (χ3v) is 5.67. The molecule has 0 aliphatic carbocycles. The van der Waals surface area contributed by atoms with Crippen LogP contribution < -0.4 is 15.1 Å². The van der Waals surface area contributed by atoms with E-state index in [1.54, 1.807) is 12.4 Å². The predicted molar refractivity (Wildman–Crippen MR) is 115 cm³/mol. The fourth-order valence-corrected chi connectivity index (χ4v) is 4.19. The summed E-state index contributed by atoms with van der Waals surface area (Å²) >= 11 is 0. The highest BCUT2D eigenvalue weighted by molar-refractivity contribution is 5.88. The van der Waals surface area contributed by atoms with Gasteiger partial charge in [-0.05, 0) is 6.92 Å². The van der Waals surface area contributed by atoms with Crippen molar-refractivity contribution in [1.82, 2.24) is 34.8 Å². The molecular weight excluding hydrogens is 439 g/mol. The number of anilines is 2. The molecule has 5 heterocycles. The van der Waals surface area contributed by atoms with Crippen LogP contribution in [0.1, 0.15) is 6.92 Å². The van der Waals surface area contributed by atoms with Crippen LogP contribution in [0.2, 0.25) is 0 Å². The number of piperazine rings is 1. The summed E-state index contributed by atoms with van der Waals surface area (Å²) in [5.74, 6) is 1.00. The van der Waals surface area contributed by atoms with Crippen LogP contribution in [0, 0.1) is 0 Å². The van der Waals surface area contributed by atoms with Crippen LogP contribution in [0.3, 0.4) is 0 Å². The highest BCUT2D eigenvalue weighted by Crippen LogP contribution is 2.33. The average Bonchev–Trinajstić information content (AvgIpc) is 3.16. The van der Waals surface area contributed by atoms with Crippen LogP contribution >= 0.6 is 0 Å². The summed E-state index contributed by atoms with van der Waals surface area (Å²) in [7, 11) is 0. The van der Waals surface area contributed by atoms with Gasteiger partial charge < -0.3 is 19.9 Å². The number of hydrogen-bond acceptors (Lipinski definition) is 9. The summed E-state index contributed by atoms with van der Waals surface area (Å²) in [6.07, 6.45) is 0.0197. The molecule has 10 nitrogen and oxygen atoms in total. The molecule has 0 spiro atoms. The van der Waals surface area contributed by atoms with E-state index in [9.17, 15) is 13.2 Å². The number of rotatable bonds is 4. The van der Waals surface area contributed by atoms with Gasteiger partial charge in [-0.25, -0.2) is 24.9 Å². The van der Waals surface area contributed by atoms with Gasteiger partial charge in [-0.1, -0.05) is 0 Å². The van der Waals surface area contributed by atoms with Gasteiger partial charge in [-0.3, -0.25) is 4.57 Å². The number of morpholine rings is 1. The minimum Gasteiger partial charge on any atom is -0.378 e. The van der Waals surface area contributed by atoms with Crippen LogP contribution in [0.5, 0.6) is 0 Å². The minimum absolute atomic E-state index is 0.125. The highest BCUT2D eigenvalue weighted by Gasteiger charge is 2.34. The smallest absolute Gasteiger partial charge is 0.378 e. The van der Waals surface area contributed by atoms with Crippen molar-refractivity contribution in [2.45, 2.75) is 25.7 Å². The lowest BCUT2D eigenvalue weighted by atomic mass is 10.2. The number of ether oxygens (including phenoxy) is 1. The summed E-state index contributed by atoms with van der Waals surface area (Å²) in [6.45, 7) is 4.67. The molecule has 0 radical (unpaired) electrons. The van der Waals surface area contributed by atoms with Crippen molar-refractivity contribution in [2.75, 3.05) is 55.7 Å². The molecule has 3 aromatic heterocycles. The van der Waals surface area contributed by atoms with E-state index in [1.807, 2.05) is 16.7 Å². The Morgan fingerprint density at radius 3 is 2.52 bits per heavy atom. The first-order valence-corrected chi connectivity index (χ1v) is 10.8. The van der Waals surface area contributed by atoms with E-state index in [-0.39, 0.29) is 23.5 Å². The molecule has 2 aliphatic heterocycles. The number of imidazole rings is 1. The number of halogens is 3. The number of nitrogens with zero attached hydrogens (tertiary/aromatic N) is 8. The molecule has 13 heteroatoms. The Morgan fingerprint density at radius 1 is 1.06 bits per heavy atom. The Morgan fingerprint density at radius 2 is 1.82 bits per heavy atom. The largest absolute Gasteiger partial charge is 0.406 e. The number of nitrogens with one attached hydrogen (secondary N) is 1. The van der Waals surface area contributed by atoms with Crippen molar-refractivity contribution in [3.05, 3.63) is 18.7 Å². The van der Waals surface area contributed by atoms with Gasteiger partial charge in [0, 0.05) is 51.2 Å². The van der Waals surface area contributed by atoms with E-state index in [4.69, 9.17) is 9.72 Å². The van der Waals surface area contributed by atoms with Crippen LogP contribution in [0.15, 0.2) is 18.7 Å². The zero-order chi connectivity index (χ0) is 23.0. The second-order valence-electron chi connectivity index (χ2n) is 8.18. The SMILES string of the molecule is C[C@H]1CN(c2nc3c(N4CCOCC4)nc(-c4cncnc4)nc3n2CC(F)(F)F)CCN1. The summed E-state index contributed by atoms with van der Waals surface area (Å²) in [5.41, 5.74) is 1.01. The molecule has 0 bridgehead atoms. The zero-order valence-corrected chi connectivity index (χ0v) is 18.1. The lowest BCUT2D eigenvalue weighted by Crippen LogP contribution is -2.50. The molecule has 1 atom stereocenters. The molecule has 2 fully saturated rings. The normalized spacial score (nSPS) is 19.9. The third-order valence-electron chi connectivity index (χ3n) is 5.67. The molecule has 33 heavy (non-hydrogen) atoms. The summed E-state index contributed by atoms with van der Waals surface area (Å²) in [5, 5.41) is 3.31. The van der Waals surface area contributed by atoms with Crippen LogP contribution in [0.4, 0.5) is 24.9 Å². The molecule has 2 aliphatic rings. The van der Waals surface area contributed by atoms with Gasteiger partial charge in [0.15, 0.2) is 22.8 Å². The number of alkyl halides is 3. The lowest BCUT2D eigenvalue weighted by Gasteiger charge is -2.33. The van der Waals surface area contributed by atoms with E-state index in [0.29, 0.717) is 62.8 Å². The van der Waals surface area contributed by atoms with E-state index < -0.39 is 12.7 Å². The molecular formula is C20H24F3N9O. The maximum Gasteiger partial charge on any atom is 0.406 e. The molecule has 5 rings (SSSR count). The van der Waals surface area contributed by atoms with Crippen molar-refractivity contribution >= 4 is 22.9 Å². The monoisotopic (exact) mass is 463 g/mol. The Kier molecular flexibility index (Phi) is 5.74. The van der Waals surface area contributed by atoms with Crippen molar-refractivity contribution in [3.8, 4) is 11.4 Å². The molecule has 2 saturated heterocycles. The first-order chi connectivity index (χ1) is 15.9. The maximum atomic E-state index is 13.7. The zero-order valence-electron chi connectivity index (χ0n) is 18.1. The van der Waals surface area contributed by atoms with Gasteiger partial charge in [0.05, 0.1) is 18.8 Å². The van der Waals surface area contributed by atoms with E-state index >= 15 is 0 Å². The average molecular weight is 463 g/mol. The minimum atomic E-state index is -4.44. The second-order valence-corrected chi connectivity index (χ2v) is 8.18. The molecule has 0 unspecified atom stereocenters. The highest BCUT2D eigenvalue weighted by atomic mass is 19.4. The van der Waals surface area contributed by atoms with Crippen molar-refractivity contribution in [2.24, 2.45) is 0 Å². The third kappa shape index (κ3) is 4.55. The number of aromatic nitrogens is 6. The fourth-order valence-electron chi connectivity index (χ4n) is 4.19. The Bertz CT molecular complexity index is 1120. The quantitative estimate of drug-likeness (QED) is 0.617. The van der Waals surface area contributed by atoms with Crippen LogP contribution in [0.25, 0.3) is 22.6 Å². The molecule has 3 aromatic rings. The molecule has 0 saturated carbocycles. The van der Waals surface area contributed by atoms with Crippen molar-refractivity contribution in [3.63, 3.8) is 0 Å². The van der Waals surface area contributed by atoms with Gasteiger partial charge in [-0.15, -0.1) is 0 Å². The Hall–Kier alpha value is -3.06.